The van der Waals surface area contributed by atoms with Crippen LogP contribution in [0.15, 0.2) is 53.5 Å². The molecule has 0 spiro atoms. The number of methoxy groups -OCH3 is 1. The van der Waals surface area contributed by atoms with E-state index in [0.717, 1.165) is 23.4 Å². The number of aliphatic imine (C=N–C) groups is 1. The standard InChI is InChI=1S/C16H18N2O2/c1-3-12-4-8-14(9-5-12)17-16(18-19)13-6-10-15(20-2)11-7-13/h4-11,19H,3H2,1-2H3,(H,17,18). The lowest BCUT2D eigenvalue weighted by molar-refractivity contribution is 0.235. The highest BCUT2D eigenvalue weighted by Gasteiger charge is 2.03. The first kappa shape index (κ1) is 14.1. The molecule has 0 aromatic heterocycles. The maximum Gasteiger partial charge on any atom is 0.157 e. The number of hydrogen-bond acceptors (Lipinski definition) is 3. The van der Waals surface area contributed by atoms with Crippen molar-refractivity contribution in [1.29, 1.82) is 0 Å². The van der Waals surface area contributed by atoms with E-state index in [2.05, 4.69) is 17.4 Å². The van der Waals surface area contributed by atoms with Crippen molar-refractivity contribution in [3.8, 4) is 5.75 Å². The Morgan fingerprint density at radius 1 is 1.10 bits per heavy atom. The molecule has 0 radical (unpaired) electrons. The fraction of sp³-hybridized carbons (Fsp3) is 0.188. The molecule has 2 N–H and O–H groups in total. The van der Waals surface area contributed by atoms with Crippen LogP contribution in [-0.4, -0.2) is 18.2 Å². The summed E-state index contributed by atoms with van der Waals surface area (Å²) < 4.78 is 5.10. The van der Waals surface area contributed by atoms with Gasteiger partial charge in [0.25, 0.3) is 0 Å². The van der Waals surface area contributed by atoms with Gasteiger partial charge < -0.3 is 4.74 Å². The first-order chi connectivity index (χ1) is 9.76. The topological polar surface area (TPSA) is 53.9 Å². The molecule has 0 saturated carbocycles. The van der Waals surface area contributed by atoms with Gasteiger partial charge in [0.2, 0.25) is 0 Å². The zero-order valence-electron chi connectivity index (χ0n) is 11.6. The van der Waals surface area contributed by atoms with Gasteiger partial charge in [-0.15, -0.1) is 0 Å². The Morgan fingerprint density at radius 2 is 1.75 bits per heavy atom. The molecule has 0 atom stereocenters. The second-order valence-electron chi connectivity index (χ2n) is 4.32. The number of amidine groups is 1. The number of rotatable bonds is 4. The van der Waals surface area contributed by atoms with Crippen LogP contribution in [0.1, 0.15) is 18.1 Å². The van der Waals surface area contributed by atoms with Crippen LogP contribution in [0.2, 0.25) is 0 Å². The van der Waals surface area contributed by atoms with Gasteiger partial charge in [-0.2, -0.15) is 0 Å². The molecule has 2 aromatic carbocycles. The second-order valence-corrected chi connectivity index (χ2v) is 4.32. The first-order valence-electron chi connectivity index (χ1n) is 6.49. The highest BCUT2D eigenvalue weighted by atomic mass is 16.5. The van der Waals surface area contributed by atoms with Crippen molar-refractivity contribution in [1.82, 2.24) is 5.48 Å². The predicted octanol–water partition coefficient (Wildman–Crippen LogP) is 3.31. The van der Waals surface area contributed by atoms with Gasteiger partial charge >= 0.3 is 0 Å². The Morgan fingerprint density at radius 3 is 2.25 bits per heavy atom. The Bertz CT molecular complexity index is 574. The van der Waals surface area contributed by atoms with Gasteiger partial charge in [0.05, 0.1) is 12.8 Å². The summed E-state index contributed by atoms with van der Waals surface area (Å²) in [6.45, 7) is 2.11. The van der Waals surface area contributed by atoms with Crippen LogP contribution in [0.25, 0.3) is 0 Å². The number of ether oxygens (including phenoxy) is 1. The summed E-state index contributed by atoms with van der Waals surface area (Å²) >= 11 is 0. The molecular weight excluding hydrogens is 252 g/mol. The van der Waals surface area contributed by atoms with Gasteiger partial charge in [-0.1, -0.05) is 19.1 Å². The molecule has 0 aliphatic rings. The SMILES string of the molecule is CCc1ccc(N=C(NO)c2ccc(OC)cc2)cc1. The van der Waals surface area contributed by atoms with E-state index in [1.54, 1.807) is 7.11 Å². The van der Waals surface area contributed by atoms with Crippen LogP contribution in [0.4, 0.5) is 5.69 Å². The van der Waals surface area contributed by atoms with Crippen LogP contribution in [0.3, 0.4) is 0 Å². The molecule has 104 valence electrons. The summed E-state index contributed by atoms with van der Waals surface area (Å²) in [5.41, 5.74) is 4.97. The van der Waals surface area contributed by atoms with Gasteiger partial charge in [-0.3, -0.25) is 10.7 Å². The van der Waals surface area contributed by atoms with Crippen LogP contribution in [-0.2, 0) is 6.42 Å². The molecule has 0 unspecified atom stereocenters. The predicted molar refractivity (Wildman–Crippen MR) is 79.9 cm³/mol. The Kier molecular flexibility index (Phi) is 4.74. The van der Waals surface area contributed by atoms with Crippen molar-refractivity contribution < 1.29 is 9.94 Å². The number of nitrogens with zero attached hydrogens (tertiary/aromatic N) is 1. The summed E-state index contributed by atoms with van der Waals surface area (Å²) in [5.74, 6) is 1.16. The molecule has 0 bridgehead atoms. The molecule has 2 aromatic rings. The van der Waals surface area contributed by atoms with Crippen molar-refractivity contribution in [2.45, 2.75) is 13.3 Å². The third kappa shape index (κ3) is 3.36. The molecule has 0 aliphatic heterocycles. The number of aryl methyl sites for hydroxylation is 1. The molecule has 0 fully saturated rings. The summed E-state index contributed by atoms with van der Waals surface area (Å²) in [6, 6.07) is 15.2. The quantitative estimate of drug-likeness (QED) is 0.509. The zero-order valence-corrected chi connectivity index (χ0v) is 11.6. The summed E-state index contributed by atoms with van der Waals surface area (Å²) in [4.78, 5) is 4.39. The number of hydroxylamine groups is 1. The minimum atomic E-state index is 0.400. The van der Waals surface area contributed by atoms with E-state index in [-0.39, 0.29) is 0 Å². The van der Waals surface area contributed by atoms with Crippen molar-refractivity contribution in [2.24, 2.45) is 4.99 Å². The lowest BCUT2D eigenvalue weighted by atomic mass is 10.1. The van der Waals surface area contributed by atoms with Crippen LogP contribution >= 0.6 is 0 Å². The van der Waals surface area contributed by atoms with Gasteiger partial charge in [-0.05, 0) is 48.4 Å². The minimum absolute atomic E-state index is 0.400. The average molecular weight is 270 g/mol. The molecule has 0 amide bonds. The Balaban J connectivity index is 2.26. The van der Waals surface area contributed by atoms with E-state index in [0.29, 0.717) is 5.84 Å². The fourth-order valence-electron chi connectivity index (χ4n) is 1.84. The van der Waals surface area contributed by atoms with Gasteiger partial charge in [-0.25, -0.2) is 4.99 Å². The summed E-state index contributed by atoms with van der Waals surface area (Å²) in [6.07, 6.45) is 0.994. The molecular formula is C16H18N2O2. The molecule has 2 rings (SSSR count). The highest BCUT2D eigenvalue weighted by molar-refractivity contribution is 5.99. The van der Waals surface area contributed by atoms with E-state index in [1.807, 2.05) is 48.5 Å². The lowest BCUT2D eigenvalue weighted by Gasteiger charge is -2.06. The number of nitrogens with one attached hydrogen (secondary N) is 1. The maximum atomic E-state index is 9.26. The maximum absolute atomic E-state index is 9.26. The van der Waals surface area contributed by atoms with Gasteiger partial charge in [0.1, 0.15) is 5.75 Å². The van der Waals surface area contributed by atoms with Gasteiger partial charge in [0, 0.05) is 5.56 Å². The van der Waals surface area contributed by atoms with Gasteiger partial charge in [0.15, 0.2) is 5.84 Å². The van der Waals surface area contributed by atoms with Crippen molar-refractivity contribution >= 4 is 11.5 Å². The molecule has 4 nitrogen and oxygen atoms in total. The van der Waals surface area contributed by atoms with Crippen LogP contribution in [0.5, 0.6) is 5.75 Å². The molecule has 0 saturated heterocycles. The summed E-state index contributed by atoms with van der Waals surface area (Å²) in [7, 11) is 1.61. The largest absolute Gasteiger partial charge is 0.497 e. The highest BCUT2D eigenvalue weighted by Crippen LogP contribution is 2.16. The molecule has 0 heterocycles. The van der Waals surface area contributed by atoms with E-state index in [9.17, 15) is 5.21 Å². The normalized spacial score (nSPS) is 11.2. The summed E-state index contributed by atoms with van der Waals surface area (Å²) in [5, 5.41) is 9.26. The Labute approximate surface area is 118 Å². The second kappa shape index (κ2) is 6.73. The zero-order chi connectivity index (χ0) is 14.4. The lowest BCUT2D eigenvalue weighted by Crippen LogP contribution is -2.19. The third-order valence-electron chi connectivity index (χ3n) is 3.05. The van der Waals surface area contributed by atoms with Crippen LogP contribution < -0.4 is 10.2 Å². The molecule has 0 aliphatic carbocycles. The van der Waals surface area contributed by atoms with Crippen molar-refractivity contribution in [2.75, 3.05) is 7.11 Å². The third-order valence-corrected chi connectivity index (χ3v) is 3.05. The average Bonchev–Trinajstić information content (AvgIpc) is 2.53. The number of hydrogen-bond donors (Lipinski definition) is 2. The minimum Gasteiger partial charge on any atom is -0.497 e. The van der Waals surface area contributed by atoms with Crippen LogP contribution in [0, 0.1) is 0 Å². The molecule has 4 heteroatoms. The monoisotopic (exact) mass is 270 g/mol. The fourth-order valence-corrected chi connectivity index (χ4v) is 1.84. The first-order valence-corrected chi connectivity index (χ1v) is 6.49. The number of benzene rings is 2. The Hall–Kier alpha value is -2.33. The van der Waals surface area contributed by atoms with Crippen molar-refractivity contribution in [3.05, 3.63) is 59.7 Å². The molecule has 20 heavy (non-hydrogen) atoms. The van der Waals surface area contributed by atoms with E-state index in [4.69, 9.17) is 4.74 Å². The van der Waals surface area contributed by atoms with E-state index >= 15 is 0 Å². The van der Waals surface area contributed by atoms with Crippen molar-refractivity contribution in [3.63, 3.8) is 0 Å². The smallest absolute Gasteiger partial charge is 0.157 e. The van der Waals surface area contributed by atoms with E-state index in [1.165, 1.54) is 5.56 Å². The van der Waals surface area contributed by atoms with E-state index < -0.39 is 0 Å².